The largest absolute Gasteiger partial charge is 0.370 e. The molecule has 4 nitrogen and oxygen atoms in total. The van der Waals surface area contributed by atoms with Crippen LogP contribution in [0.5, 0.6) is 0 Å². The average molecular weight is 289 g/mol. The number of nitrogens with zero attached hydrogens (tertiary/aromatic N) is 2. The Bertz CT molecular complexity index is 493. The maximum Gasteiger partial charge on any atom is 0.254 e. The molecule has 1 atom stereocenters. The summed E-state index contributed by atoms with van der Waals surface area (Å²) in [5.41, 5.74) is 0.999. The van der Waals surface area contributed by atoms with Crippen LogP contribution >= 0.6 is 0 Å². The van der Waals surface area contributed by atoms with Crippen LogP contribution in [0.25, 0.3) is 0 Å². The van der Waals surface area contributed by atoms with Gasteiger partial charge >= 0.3 is 0 Å². The van der Waals surface area contributed by atoms with Gasteiger partial charge in [0.1, 0.15) is 5.82 Å². The molecule has 1 fully saturated rings. The number of hydrogen-bond donors (Lipinski definition) is 1. The Morgan fingerprint density at radius 3 is 2.86 bits per heavy atom. The van der Waals surface area contributed by atoms with Crippen molar-refractivity contribution in [2.75, 3.05) is 25.0 Å². The third kappa shape index (κ3) is 3.96. The lowest BCUT2D eigenvalue weighted by Crippen LogP contribution is -2.31. The molecule has 2 rings (SSSR count). The molecule has 1 unspecified atom stereocenters. The van der Waals surface area contributed by atoms with E-state index in [1.807, 2.05) is 17.0 Å². The second-order valence-electron chi connectivity index (χ2n) is 6.96. The molecule has 21 heavy (non-hydrogen) atoms. The van der Waals surface area contributed by atoms with Crippen molar-refractivity contribution in [1.29, 1.82) is 0 Å². The maximum absolute atomic E-state index is 12.6. The smallest absolute Gasteiger partial charge is 0.254 e. The van der Waals surface area contributed by atoms with E-state index >= 15 is 0 Å². The first-order valence-corrected chi connectivity index (χ1v) is 7.91. The Hall–Kier alpha value is -1.58. The van der Waals surface area contributed by atoms with E-state index in [4.69, 9.17) is 0 Å². The van der Waals surface area contributed by atoms with Crippen LogP contribution in [0, 0.1) is 11.3 Å². The molecule has 1 aromatic heterocycles. The minimum Gasteiger partial charge on any atom is -0.370 e. The Labute approximate surface area is 127 Å². The number of nitrogens with one attached hydrogen (secondary N) is 1. The van der Waals surface area contributed by atoms with Crippen molar-refractivity contribution in [3.05, 3.63) is 23.9 Å². The number of rotatable bonds is 4. The summed E-state index contributed by atoms with van der Waals surface area (Å²) in [5.74, 6) is 1.50. The Morgan fingerprint density at radius 2 is 2.24 bits per heavy atom. The van der Waals surface area contributed by atoms with Crippen molar-refractivity contribution in [1.82, 2.24) is 9.88 Å². The summed E-state index contributed by atoms with van der Waals surface area (Å²) in [4.78, 5) is 18.9. The van der Waals surface area contributed by atoms with Crippen LogP contribution in [0.15, 0.2) is 18.3 Å². The van der Waals surface area contributed by atoms with Crippen molar-refractivity contribution < 1.29 is 4.79 Å². The van der Waals surface area contributed by atoms with E-state index < -0.39 is 0 Å². The van der Waals surface area contributed by atoms with Crippen molar-refractivity contribution in [3.8, 4) is 0 Å². The van der Waals surface area contributed by atoms with E-state index in [-0.39, 0.29) is 11.3 Å². The summed E-state index contributed by atoms with van der Waals surface area (Å²) in [6, 6.07) is 3.67. The molecule has 0 saturated carbocycles. The zero-order valence-electron chi connectivity index (χ0n) is 13.6. The molecule has 1 aliphatic rings. The van der Waals surface area contributed by atoms with Crippen LogP contribution < -0.4 is 5.32 Å². The Kier molecular flexibility index (Phi) is 4.86. The monoisotopic (exact) mass is 289 g/mol. The van der Waals surface area contributed by atoms with Crippen LogP contribution in [0.3, 0.4) is 0 Å². The Morgan fingerprint density at radius 1 is 1.48 bits per heavy atom. The van der Waals surface area contributed by atoms with Crippen molar-refractivity contribution in [2.45, 2.75) is 40.5 Å². The third-order valence-electron chi connectivity index (χ3n) is 4.26. The van der Waals surface area contributed by atoms with Crippen molar-refractivity contribution in [2.24, 2.45) is 11.3 Å². The summed E-state index contributed by atoms with van der Waals surface area (Å²) in [6.45, 7) is 11.5. The zero-order chi connectivity index (χ0) is 15.5. The quantitative estimate of drug-likeness (QED) is 0.924. The number of pyridine rings is 1. The van der Waals surface area contributed by atoms with Gasteiger partial charge in [-0.2, -0.15) is 0 Å². The number of carbonyl (C=O) groups excluding carboxylic acids is 1. The fourth-order valence-corrected chi connectivity index (χ4v) is 2.75. The van der Waals surface area contributed by atoms with Gasteiger partial charge in [-0.25, -0.2) is 4.98 Å². The van der Waals surface area contributed by atoms with Gasteiger partial charge in [-0.1, -0.05) is 27.7 Å². The van der Waals surface area contributed by atoms with Crippen LogP contribution in [-0.4, -0.2) is 35.4 Å². The second-order valence-corrected chi connectivity index (χ2v) is 6.96. The maximum atomic E-state index is 12.6. The highest BCUT2D eigenvalue weighted by Gasteiger charge is 2.34. The molecule has 2 heterocycles. The second kappa shape index (κ2) is 6.46. The first-order chi connectivity index (χ1) is 9.91. The van der Waals surface area contributed by atoms with Gasteiger partial charge in [0.05, 0.1) is 0 Å². The number of amides is 1. The molecule has 0 aliphatic carbocycles. The summed E-state index contributed by atoms with van der Waals surface area (Å²) in [6.07, 6.45) is 3.85. The predicted molar refractivity (Wildman–Crippen MR) is 86.5 cm³/mol. The lowest BCUT2D eigenvalue weighted by molar-refractivity contribution is 0.0776. The number of aromatic nitrogens is 1. The average Bonchev–Trinajstić information content (AvgIpc) is 2.94. The van der Waals surface area contributed by atoms with E-state index in [2.05, 4.69) is 38.0 Å². The fraction of sp³-hybridized carbons (Fsp3) is 0.647. The molecule has 0 bridgehead atoms. The van der Waals surface area contributed by atoms with Crippen molar-refractivity contribution >= 4 is 11.7 Å². The fourth-order valence-electron chi connectivity index (χ4n) is 2.75. The minimum absolute atomic E-state index is 0.128. The van der Waals surface area contributed by atoms with E-state index in [1.165, 1.54) is 0 Å². The zero-order valence-corrected chi connectivity index (χ0v) is 13.6. The van der Waals surface area contributed by atoms with Gasteiger partial charge in [0.15, 0.2) is 0 Å². The number of hydrogen-bond acceptors (Lipinski definition) is 3. The van der Waals surface area contributed by atoms with Crippen LogP contribution in [0.2, 0.25) is 0 Å². The van der Waals surface area contributed by atoms with Gasteiger partial charge < -0.3 is 10.2 Å². The first kappa shape index (κ1) is 15.8. The lowest BCUT2D eigenvalue weighted by Gasteiger charge is -2.27. The minimum atomic E-state index is 0.128. The molecule has 0 spiro atoms. The molecule has 116 valence electrons. The van der Waals surface area contributed by atoms with Crippen LogP contribution in [0.4, 0.5) is 5.82 Å². The molecule has 1 N–H and O–H groups in total. The highest BCUT2D eigenvalue weighted by Crippen LogP contribution is 2.34. The number of anilines is 1. The first-order valence-electron chi connectivity index (χ1n) is 7.91. The van der Waals surface area contributed by atoms with Gasteiger partial charge in [0.2, 0.25) is 0 Å². The normalized spacial score (nSPS) is 18.9. The SMILES string of the molecule is CCCNc1cc(C(=O)N2CCC(C(C)(C)C)C2)ccn1. The number of carbonyl (C=O) groups is 1. The molecular weight excluding hydrogens is 262 g/mol. The predicted octanol–water partition coefficient (Wildman–Crippen LogP) is 3.41. The lowest BCUT2D eigenvalue weighted by atomic mass is 9.80. The van der Waals surface area contributed by atoms with Gasteiger partial charge in [-0.3, -0.25) is 4.79 Å². The third-order valence-corrected chi connectivity index (χ3v) is 4.26. The summed E-state index contributed by atoms with van der Waals surface area (Å²) in [5, 5.41) is 3.23. The molecular formula is C17H27N3O. The van der Waals surface area contributed by atoms with E-state index in [9.17, 15) is 4.79 Å². The molecule has 1 saturated heterocycles. The van der Waals surface area contributed by atoms with Crippen LogP contribution in [0.1, 0.15) is 50.9 Å². The molecule has 0 radical (unpaired) electrons. The van der Waals surface area contributed by atoms with E-state index in [0.29, 0.717) is 5.92 Å². The van der Waals surface area contributed by atoms with Gasteiger partial charge in [0.25, 0.3) is 5.91 Å². The highest BCUT2D eigenvalue weighted by atomic mass is 16.2. The summed E-state index contributed by atoms with van der Waals surface area (Å²) < 4.78 is 0. The number of likely N-dealkylation sites (tertiary alicyclic amines) is 1. The molecule has 1 aliphatic heterocycles. The molecule has 1 aromatic rings. The molecule has 4 heteroatoms. The van der Waals surface area contributed by atoms with E-state index in [0.717, 1.165) is 43.9 Å². The van der Waals surface area contributed by atoms with Crippen LogP contribution in [-0.2, 0) is 0 Å². The van der Waals surface area contributed by atoms with E-state index in [1.54, 1.807) is 6.20 Å². The topological polar surface area (TPSA) is 45.2 Å². The van der Waals surface area contributed by atoms with Gasteiger partial charge in [0, 0.05) is 31.4 Å². The van der Waals surface area contributed by atoms with Gasteiger partial charge in [-0.15, -0.1) is 0 Å². The standard InChI is InChI=1S/C17H27N3O/c1-5-8-18-15-11-13(6-9-19-15)16(21)20-10-7-14(12-20)17(2,3)4/h6,9,11,14H,5,7-8,10,12H2,1-4H3,(H,18,19). The highest BCUT2D eigenvalue weighted by molar-refractivity contribution is 5.95. The Balaban J connectivity index is 2.04. The molecule has 1 amide bonds. The summed E-state index contributed by atoms with van der Waals surface area (Å²) >= 11 is 0. The van der Waals surface area contributed by atoms with Crippen molar-refractivity contribution in [3.63, 3.8) is 0 Å². The molecule has 0 aromatic carbocycles. The summed E-state index contributed by atoms with van der Waals surface area (Å²) in [7, 11) is 0. The van der Waals surface area contributed by atoms with Gasteiger partial charge in [-0.05, 0) is 36.3 Å².